The zero-order valence-electron chi connectivity index (χ0n) is 11.2. The highest BCUT2D eigenvalue weighted by Crippen LogP contribution is 2.23. The van der Waals surface area contributed by atoms with Gasteiger partial charge in [0.2, 0.25) is 0 Å². The number of oxazole rings is 1. The summed E-state index contributed by atoms with van der Waals surface area (Å²) in [6, 6.07) is 6.56. The number of aromatic nitrogens is 1. The van der Waals surface area contributed by atoms with Gasteiger partial charge in [0.1, 0.15) is 5.52 Å². The summed E-state index contributed by atoms with van der Waals surface area (Å²) in [6.45, 7) is 5.54. The summed E-state index contributed by atoms with van der Waals surface area (Å²) in [5.41, 5.74) is 8.03. The first kappa shape index (κ1) is 12.3. The molecular weight excluding hydrogens is 240 g/mol. The minimum atomic E-state index is 0.416. The predicted molar refractivity (Wildman–Crippen MR) is 77.2 cm³/mol. The summed E-state index contributed by atoms with van der Waals surface area (Å²) in [7, 11) is 0. The van der Waals surface area contributed by atoms with Crippen LogP contribution < -0.4 is 11.1 Å². The molecule has 102 valence electrons. The van der Waals surface area contributed by atoms with Crippen molar-refractivity contribution in [2.45, 2.75) is 25.8 Å². The van der Waals surface area contributed by atoms with Gasteiger partial charge in [-0.3, -0.25) is 0 Å². The Labute approximate surface area is 112 Å². The van der Waals surface area contributed by atoms with Crippen LogP contribution >= 0.6 is 0 Å². The lowest BCUT2D eigenvalue weighted by molar-refractivity contribution is 0.225. The van der Waals surface area contributed by atoms with Crippen LogP contribution in [0.25, 0.3) is 11.1 Å². The first-order valence-corrected chi connectivity index (χ1v) is 6.89. The van der Waals surface area contributed by atoms with Crippen molar-refractivity contribution in [3.05, 3.63) is 18.2 Å². The molecule has 5 nitrogen and oxygen atoms in total. The van der Waals surface area contributed by atoms with Crippen LogP contribution in [0.4, 0.5) is 11.7 Å². The number of anilines is 2. The Balaban J connectivity index is 1.74. The molecule has 1 unspecified atom stereocenters. The molecule has 0 amide bonds. The van der Waals surface area contributed by atoms with Gasteiger partial charge in [-0.2, -0.15) is 4.98 Å². The Morgan fingerprint density at radius 3 is 3.26 bits per heavy atom. The van der Waals surface area contributed by atoms with Gasteiger partial charge in [0.05, 0.1) is 0 Å². The van der Waals surface area contributed by atoms with E-state index in [9.17, 15) is 0 Å². The van der Waals surface area contributed by atoms with Crippen molar-refractivity contribution in [2.75, 3.05) is 30.7 Å². The molecule has 2 aromatic rings. The third-order valence-corrected chi connectivity index (χ3v) is 3.69. The molecule has 5 heteroatoms. The van der Waals surface area contributed by atoms with Crippen LogP contribution in [0.1, 0.15) is 19.8 Å². The Bertz CT molecular complexity index is 566. The maximum atomic E-state index is 5.74. The van der Waals surface area contributed by atoms with Crippen molar-refractivity contribution in [3.63, 3.8) is 0 Å². The van der Waals surface area contributed by atoms with E-state index in [2.05, 4.69) is 22.1 Å². The summed E-state index contributed by atoms with van der Waals surface area (Å²) in [6.07, 6.45) is 2.38. The first-order valence-electron chi connectivity index (χ1n) is 6.89. The summed E-state index contributed by atoms with van der Waals surface area (Å²) in [5.74, 6) is 0. The molecule has 0 radical (unpaired) electrons. The Morgan fingerprint density at radius 1 is 1.53 bits per heavy atom. The topological polar surface area (TPSA) is 67.3 Å². The number of nitrogens with two attached hydrogens (primary N) is 1. The molecule has 1 aromatic carbocycles. The van der Waals surface area contributed by atoms with Crippen molar-refractivity contribution < 1.29 is 4.42 Å². The Morgan fingerprint density at radius 2 is 2.42 bits per heavy atom. The minimum absolute atomic E-state index is 0.416. The van der Waals surface area contributed by atoms with Crippen molar-refractivity contribution in [1.82, 2.24) is 9.88 Å². The lowest BCUT2D eigenvalue weighted by atomic mass is 10.1. The van der Waals surface area contributed by atoms with E-state index >= 15 is 0 Å². The maximum absolute atomic E-state index is 5.74. The summed E-state index contributed by atoms with van der Waals surface area (Å²) < 4.78 is 5.70. The number of benzene rings is 1. The van der Waals surface area contributed by atoms with Crippen LogP contribution in [-0.2, 0) is 0 Å². The third-order valence-electron chi connectivity index (χ3n) is 3.69. The van der Waals surface area contributed by atoms with Gasteiger partial charge in [0, 0.05) is 24.3 Å². The van der Waals surface area contributed by atoms with E-state index < -0.39 is 0 Å². The standard InChI is InChI=1S/C14H20N4O/c1-2-18-7-3-4-11(9-18)16-14-17-12-6-5-10(15)8-13(12)19-14/h5-6,8,11H,2-4,7,9,15H2,1H3,(H,16,17). The molecule has 19 heavy (non-hydrogen) atoms. The van der Waals surface area contributed by atoms with Gasteiger partial charge in [0.15, 0.2) is 5.58 Å². The van der Waals surface area contributed by atoms with Gasteiger partial charge >= 0.3 is 0 Å². The summed E-state index contributed by atoms with van der Waals surface area (Å²) in [5, 5.41) is 3.39. The van der Waals surface area contributed by atoms with E-state index in [1.165, 1.54) is 13.0 Å². The SMILES string of the molecule is CCN1CCCC(Nc2nc3ccc(N)cc3o2)C1. The van der Waals surface area contributed by atoms with E-state index in [0.29, 0.717) is 17.7 Å². The predicted octanol–water partition coefficient (Wildman–Crippen LogP) is 2.31. The number of likely N-dealkylation sites (tertiary alicyclic amines) is 1. The summed E-state index contributed by atoms with van der Waals surface area (Å²) in [4.78, 5) is 6.89. The molecule has 1 aromatic heterocycles. The van der Waals surface area contributed by atoms with E-state index in [-0.39, 0.29) is 0 Å². The van der Waals surface area contributed by atoms with Crippen molar-refractivity contribution in [2.24, 2.45) is 0 Å². The van der Waals surface area contributed by atoms with Gasteiger partial charge in [-0.05, 0) is 38.1 Å². The molecule has 0 aliphatic carbocycles. The van der Waals surface area contributed by atoms with Crippen LogP contribution in [0.3, 0.4) is 0 Å². The molecule has 1 aliphatic heterocycles. The number of nitrogen functional groups attached to an aromatic ring is 1. The molecule has 0 saturated carbocycles. The van der Waals surface area contributed by atoms with E-state index in [0.717, 1.165) is 30.6 Å². The second-order valence-corrected chi connectivity index (χ2v) is 5.12. The van der Waals surface area contributed by atoms with Crippen LogP contribution in [0, 0.1) is 0 Å². The molecule has 1 fully saturated rings. The normalized spacial score (nSPS) is 20.8. The molecule has 1 aliphatic rings. The van der Waals surface area contributed by atoms with E-state index in [1.807, 2.05) is 18.2 Å². The lowest BCUT2D eigenvalue weighted by Gasteiger charge is -2.31. The second kappa shape index (κ2) is 5.09. The number of hydrogen-bond acceptors (Lipinski definition) is 5. The fraction of sp³-hybridized carbons (Fsp3) is 0.500. The molecule has 1 saturated heterocycles. The van der Waals surface area contributed by atoms with Gasteiger partial charge in [-0.25, -0.2) is 0 Å². The second-order valence-electron chi connectivity index (χ2n) is 5.12. The minimum Gasteiger partial charge on any atom is -0.423 e. The third kappa shape index (κ3) is 2.66. The zero-order valence-corrected chi connectivity index (χ0v) is 11.2. The summed E-state index contributed by atoms with van der Waals surface area (Å²) >= 11 is 0. The molecule has 3 rings (SSSR count). The average Bonchev–Trinajstić information content (AvgIpc) is 2.80. The van der Waals surface area contributed by atoms with Gasteiger partial charge in [-0.15, -0.1) is 0 Å². The smallest absolute Gasteiger partial charge is 0.295 e. The van der Waals surface area contributed by atoms with Crippen molar-refractivity contribution >= 4 is 22.8 Å². The number of fused-ring (bicyclic) bond motifs is 1. The average molecular weight is 260 g/mol. The molecule has 0 bridgehead atoms. The number of nitrogens with zero attached hydrogens (tertiary/aromatic N) is 2. The van der Waals surface area contributed by atoms with Crippen LogP contribution in [0.15, 0.2) is 22.6 Å². The maximum Gasteiger partial charge on any atom is 0.295 e. The Kier molecular flexibility index (Phi) is 3.29. The molecule has 2 heterocycles. The quantitative estimate of drug-likeness (QED) is 0.829. The van der Waals surface area contributed by atoms with E-state index in [1.54, 1.807) is 0 Å². The first-order chi connectivity index (χ1) is 9.24. The van der Waals surface area contributed by atoms with Gasteiger partial charge < -0.3 is 20.4 Å². The number of likely N-dealkylation sites (N-methyl/N-ethyl adjacent to an activating group) is 1. The van der Waals surface area contributed by atoms with Crippen LogP contribution in [0.5, 0.6) is 0 Å². The number of nitrogens with one attached hydrogen (secondary N) is 1. The van der Waals surface area contributed by atoms with Gasteiger partial charge in [0.25, 0.3) is 6.01 Å². The molecule has 1 atom stereocenters. The van der Waals surface area contributed by atoms with E-state index in [4.69, 9.17) is 10.2 Å². The largest absolute Gasteiger partial charge is 0.423 e. The Hall–Kier alpha value is -1.75. The lowest BCUT2D eigenvalue weighted by Crippen LogP contribution is -2.41. The molecular formula is C14H20N4O. The number of piperidine rings is 1. The number of rotatable bonds is 3. The van der Waals surface area contributed by atoms with Crippen molar-refractivity contribution in [3.8, 4) is 0 Å². The zero-order chi connectivity index (χ0) is 13.2. The molecule has 3 N–H and O–H groups in total. The highest BCUT2D eigenvalue weighted by atomic mass is 16.4. The fourth-order valence-electron chi connectivity index (χ4n) is 2.64. The van der Waals surface area contributed by atoms with Crippen LogP contribution in [0.2, 0.25) is 0 Å². The fourth-order valence-corrected chi connectivity index (χ4v) is 2.64. The number of hydrogen-bond donors (Lipinski definition) is 2. The highest BCUT2D eigenvalue weighted by Gasteiger charge is 2.20. The van der Waals surface area contributed by atoms with Gasteiger partial charge in [-0.1, -0.05) is 6.92 Å². The highest BCUT2D eigenvalue weighted by molar-refractivity contribution is 5.78. The van der Waals surface area contributed by atoms with Crippen molar-refractivity contribution in [1.29, 1.82) is 0 Å². The monoisotopic (exact) mass is 260 g/mol. The van der Waals surface area contributed by atoms with Crippen LogP contribution in [-0.4, -0.2) is 35.6 Å². The molecule has 0 spiro atoms.